The number of aryl methyl sites for hydroxylation is 1. The molecule has 7 heteroatoms. The zero-order chi connectivity index (χ0) is 19.0. The summed E-state index contributed by atoms with van der Waals surface area (Å²) < 4.78 is 28.2. The first-order valence-corrected chi connectivity index (χ1v) is 9.13. The van der Waals surface area contributed by atoms with Crippen molar-refractivity contribution in [2.45, 2.75) is 51.5 Å². The monoisotopic (exact) mass is 370 g/mol. The molecule has 1 aliphatic carbocycles. The van der Waals surface area contributed by atoms with Crippen molar-refractivity contribution in [3.05, 3.63) is 63.5 Å². The Morgan fingerprint density at radius 3 is 2.78 bits per heavy atom. The molecular formula is C20H20F2N4O. The Balaban J connectivity index is 1.91. The van der Waals surface area contributed by atoms with E-state index in [-0.39, 0.29) is 29.3 Å². The fraction of sp³-hybridized carbons (Fsp3) is 0.400. The van der Waals surface area contributed by atoms with Gasteiger partial charge in [0, 0.05) is 23.5 Å². The predicted octanol–water partition coefficient (Wildman–Crippen LogP) is 4.14. The highest BCUT2D eigenvalue weighted by molar-refractivity contribution is 5.71. The van der Waals surface area contributed by atoms with E-state index in [1.54, 1.807) is 13.1 Å². The first-order valence-electron chi connectivity index (χ1n) is 9.13. The zero-order valence-corrected chi connectivity index (χ0v) is 15.0. The van der Waals surface area contributed by atoms with Gasteiger partial charge in [-0.05, 0) is 43.9 Å². The molecule has 3 aromatic rings. The minimum atomic E-state index is -2.65. The van der Waals surface area contributed by atoms with E-state index in [0.29, 0.717) is 22.4 Å². The molecule has 5 nitrogen and oxygen atoms in total. The van der Waals surface area contributed by atoms with E-state index >= 15 is 0 Å². The second-order valence-corrected chi connectivity index (χ2v) is 7.03. The molecular weight excluding hydrogens is 350 g/mol. The maximum Gasteiger partial charge on any atom is 0.265 e. The van der Waals surface area contributed by atoms with Crippen LogP contribution in [0.3, 0.4) is 0 Å². The van der Waals surface area contributed by atoms with Crippen LogP contribution in [0, 0.1) is 6.92 Å². The zero-order valence-electron chi connectivity index (χ0n) is 15.0. The molecule has 0 saturated heterocycles. The summed E-state index contributed by atoms with van der Waals surface area (Å²) in [6.45, 7) is 1.74. The third-order valence-corrected chi connectivity index (χ3v) is 5.21. The summed E-state index contributed by atoms with van der Waals surface area (Å²) in [4.78, 5) is 26.2. The first-order chi connectivity index (χ1) is 13.0. The molecule has 1 fully saturated rings. The van der Waals surface area contributed by atoms with Crippen molar-refractivity contribution in [1.29, 1.82) is 0 Å². The van der Waals surface area contributed by atoms with E-state index in [1.807, 2.05) is 6.07 Å². The van der Waals surface area contributed by atoms with Crippen molar-refractivity contribution >= 4 is 11.2 Å². The van der Waals surface area contributed by atoms with Gasteiger partial charge in [-0.3, -0.25) is 19.3 Å². The number of halogens is 2. The smallest absolute Gasteiger partial charge is 0.265 e. The molecule has 140 valence electrons. The number of hydrogen-bond donors (Lipinski definition) is 0. The topological polar surface area (TPSA) is 60.7 Å². The fourth-order valence-electron chi connectivity index (χ4n) is 3.84. The van der Waals surface area contributed by atoms with Gasteiger partial charge in [-0.1, -0.05) is 12.8 Å². The number of pyridine rings is 2. The van der Waals surface area contributed by atoms with Gasteiger partial charge >= 0.3 is 0 Å². The summed E-state index contributed by atoms with van der Waals surface area (Å²) in [5.41, 5.74) is 2.23. The van der Waals surface area contributed by atoms with Crippen molar-refractivity contribution in [2.75, 3.05) is 0 Å². The van der Waals surface area contributed by atoms with Gasteiger partial charge in [0.1, 0.15) is 5.52 Å². The lowest BCUT2D eigenvalue weighted by molar-refractivity contribution is 0.149. The quantitative estimate of drug-likeness (QED) is 0.693. The number of alkyl halides is 2. The van der Waals surface area contributed by atoms with E-state index < -0.39 is 6.43 Å². The molecule has 0 atom stereocenters. The van der Waals surface area contributed by atoms with Gasteiger partial charge < -0.3 is 0 Å². The van der Waals surface area contributed by atoms with Gasteiger partial charge in [0.15, 0.2) is 5.65 Å². The largest absolute Gasteiger partial charge is 0.285 e. The van der Waals surface area contributed by atoms with E-state index in [2.05, 4.69) is 15.0 Å². The highest BCUT2D eigenvalue weighted by atomic mass is 19.3. The van der Waals surface area contributed by atoms with Crippen molar-refractivity contribution in [1.82, 2.24) is 19.5 Å². The minimum absolute atomic E-state index is 0.0471. The Bertz CT molecular complexity index is 1040. The van der Waals surface area contributed by atoms with Crippen LogP contribution in [-0.2, 0) is 6.54 Å². The van der Waals surface area contributed by atoms with Crippen molar-refractivity contribution in [3.63, 3.8) is 0 Å². The molecule has 4 rings (SSSR count). The van der Waals surface area contributed by atoms with Crippen LogP contribution in [0.2, 0.25) is 0 Å². The molecule has 0 N–H and O–H groups in total. The molecule has 0 radical (unpaired) electrons. The van der Waals surface area contributed by atoms with E-state index in [0.717, 1.165) is 25.7 Å². The normalized spacial score (nSPS) is 15.1. The summed E-state index contributed by atoms with van der Waals surface area (Å²) >= 11 is 0. The third kappa shape index (κ3) is 3.34. The Hall–Kier alpha value is -2.70. The van der Waals surface area contributed by atoms with Gasteiger partial charge in [0.25, 0.3) is 12.0 Å². The van der Waals surface area contributed by atoms with E-state index in [4.69, 9.17) is 0 Å². The maximum absolute atomic E-state index is 13.4. The standard InChI is InChI=1S/C20H20F2N4O/c1-12-10-24-16-9-15(13-5-2-3-6-13)20(27)26(19(16)25-12)11-17-14(18(21)22)7-4-8-23-17/h4,7-10,13,18H,2-3,5-6,11H2,1H3. The van der Waals surface area contributed by atoms with Crippen LogP contribution in [0.1, 0.15) is 60.5 Å². The number of hydrogen-bond acceptors (Lipinski definition) is 4. The van der Waals surface area contributed by atoms with Gasteiger partial charge in [0.2, 0.25) is 0 Å². The fourth-order valence-corrected chi connectivity index (χ4v) is 3.84. The molecule has 0 aromatic carbocycles. The lowest BCUT2D eigenvalue weighted by Crippen LogP contribution is -2.27. The average molecular weight is 370 g/mol. The lowest BCUT2D eigenvalue weighted by Gasteiger charge is -2.16. The molecule has 27 heavy (non-hydrogen) atoms. The van der Waals surface area contributed by atoms with Crippen molar-refractivity contribution in [3.8, 4) is 0 Å². The molecule has 3 heterocycles. The van der Waals surface area contributed by atoms with E-state index in [1.165, 1.54) is 22.9 Å². The SMILES string of the molecule is Cc1cnc2cc(C3CCCC3)c(=O)n(Cc3ncccc3C(F)F)c2n1. The summed E-state index contributed by atoms with van der Waals surface area (Å²) in [5, 5.41) is 0. The second kappa shape index (κ2) is 7.13. The van der Waals surface area contributed by atoms with Gasteiger partial charge in [-0.25, -0.2) is 13.8 Å². The lowest BCUT2D eigenvalue weighted by atomic mass is 9.98. The van der Waals surface area contributed by atoms with E-state index in [9.17, 15) is 13.6 Å². The summed E-state index contributed by atoms with van der Waals surface area (Å²) in [6, 6.07) is 4.64. The Labute approximate surface area is 155 Å². The van der Waals surface area contributed by atoms with Crippen LogP contribution < -0.4 is 5.56 Å². The Kier molecular flexibility index (Phi) is 4.68. The van der Waals surface area contributed by atoms with Gasteiger partial charge in [-0.2, -0.15) is 0 Å². The van der Waals surface area contributed by atoms with Crippen LogP contribution in [0.5, 0.6) is 0 Å². The third-order valence-electron chi connectivity index (χ3n) is 5.21. The Morgan fingerprint density at radius 2 is 2.04 bits per heavy atom. The molecule has 0 amide bonds. The van der Waals surface area contributed by atoms with Crippen LogP contribution >= 0.6 is 0 Å². The molecule has 1 saturated carbocycles. The number of nitrogens with zero attached hydrogens (tertiary/aromatic N) is 4. The minimum Gasteiger partial charge on any atom is -0.285 e. The highest BCUT2D eigenvalue weighted by Gasteiger charge is 2.24. The van der Waals surface area contributed by atoms with Crippen LogP contribution in [0.15, 0.2) is 35.4 Å². The van der Waals surface area contributed by atoms with Crippen LogP contribution in [0.25, 0.3) is 11.2 Å². The second-order valence-electron chi connectivity index (χ2n) is 7.03. The molecule has 0 unspecified atom stereocenters. The van der Waals surface area contributed by atoms with Crippen molar-refractivity contribution in [2.24, 2.45) is 0 Å². The first kappa shape index (κ1) is 17.7. The predicted molar refractivity (Wildman–Crippen MR) is 98.0 cm³/mol. The van der Waals surface area contributed by atoms with Gasteiger partial charge in [0.05, 0.1) is 17.9 Å². The number of rotatable bonds is 4. The number of aromatic nitrogens is 4. The molecule has 0 aliphatic heterocycles. The average Bonchev–Trinajstić information content (AvgIpc) is 3.19. The Morgan fingerprint density at radius 1 is 1.26 bits per heavy atom. The molecule has 0 bridgehead atoms. The maximum atomic E-state index is 13.4. The van der Waals surface area contributed by atoms with Gasteiger partial charge in [-0.15, -0.1) is 0 Å². The summed E-state index contributed by atoms with van der Waals surface area (Å²) in [6.07, 6.45) is 4.58. The molecule has 0 spiro atoms. The highest BCUT2D eigenvalue weighted by Crippen LogP contribution is 2.33. The molecule has 1 aliphatic rings. The molecule has 3 aromatic heterocycles. The summed E-state index contributed by atoms with van der Waals surface area (Å²) in [5.74, 6) is 0.189. The number of fused-ring (bicyclic) bond motifs is 1. The van der Waals surface area contributed by atoms with Crippen LogP contribution in [0.4, 0.5) is 8.78 Å². The summed E-state index contributed by atoms with van der Waals surface area (Å²) in [7, 11) is 0. The van der Waals surface area contributed by atoms with Crippen molar-refractivity contribution < 1.29 is 8.78 Å². The van der Waals surface area contributed by atoms with Crippen LogP contribution in [-0.4, -0.2) is 19.5 Å².